The van der Waals surface area contributed by atoms with Crippen molar-refractivity contribution in [2.45, 2.75) is 6.42 Å². The molecule has 1 aliphatic heterocycles. The Morgan fingerprint density at radius 1 is 1.05 bits per heavy atom. The van der Waals surface area contributed by atoms with E-state index >= 15 is 0 Å². The molecule has 3 radical (unpaired) electrons. The van der Waals surface area contributed by atoms with Crippen LogP contribution < -0.4 is 14.9 Å². The Labute approximate surface area is 145 Å². The van der Waals surface area contributed by atoms with Crippen molar-refractivity contribution in [3.05, 3.63) is 54.1 Å². The summed E-state index contributed by atoms with van der Waals surface area (Å²) < 4.78 is 10.2. The van der Waals surface area contributed by atoms with Gasteiger partial charge in [0.2, 0.25) is 6.79 Å². The minimum atomic E-state index is 0. The Kier molecular flexibility index (Phi) is 7.56. The van der Waals surface area contributed by atoms with Crippen molar-refractivity contribution in [3.63, 3.8) is 0 Å². The molecule has 0 atom stereocenters. The van der Waals surface area contributed by atoms with Gasteiger partial charge in [-0.3, -0.25) is 6.29 Å². The summed E-state index contributed by atoms with van der Waals surface area (Å²) >= 11 is 0. The third kappa shape index (κ3) is 5.10. The van der Waals surface area contributed by atoms with E-state index in [0.29, 0.717) is 18.7 Å². The first-order valence-corrected chi connectivity index (χ1v) is 5.83. The van der Waals surface area contributed by atoms with Crippen LogP contribution in [0.5, 0.6) is 11.5 Å². The molecule has 0 unspecified atom stereocenters. The van der Waals surface area contributed by atoms with Crippen molar-refractivity contribution >= 4 is 19.6 Å². The number of rotatable bonds is 2. The van der Waals surface area contributed by atoms with Crippen molar-refractivity contribution in [1.29, 1.82) is 0 Å². The molecule has 1 aliphatic rings. The molecule has 1 heterocycles. The fourth-order valence-corrected chi connectivity index (χ4v) is 1.59. The minimum absolute atomic E-state index is 0. The molecule has 0 amide bonds. The van der Waals surface area contributed by atoms with Crippen molar-refractivity contribution in [3.8, 4) is 11.5 Å². The number of hydrogen-bond acceptors (Lipinski definition) is 3. The summed E-state index contributed by atoms with van der Waals surface area (Å²) in [6.45, 7) is 0.304. The largest absolute Gasteiger partial charge is 0.541 e. The summed E-state index contributed by atoms with van der Waals surface area (Å²) in [5.74, 6) is 1.51. The van der Waals surface area contributed by atoms with E-state index in [1.54, 1.807) is 18.2 Å². The van der Waals surface area contributed by atoms with E-state index in [-0.39, 0.29) is 32.7 Å². The number of benzene rings is 2. The van der Waals surface area contributed by atoms with Gasteiger partial charge in [0.25, 0.3) is 0 Å². The average molecular weight is 340 g/mol. The van der Waals surface area contributed by atoms with Crippen molar-refractivity contribution < 1.29 is 47.0 Å². The van der Waals surface area contributed by atoms with E-state index in [1.807, 2.05) is 36.6 Å². The van der Waals surface area contributed by atoms with Crippen LogP contribution in [0, 0.1) is 0 Å². The van der Waals surface area contributed by atoms with Gasteiger partial charge < -0.3 is 14.3 Å². The standard InChI is InChI=1S/C8H7O.C7H5BO2.Y/c9-7-6-8-4-2-1-3-5-8;8-5-1-2-6-7(3-5)10-4-9-6;/h1-5H,6H2;1-3H,4H2;/q-1;;. The first kappa shape index (κ1) is 16.9. The summed E-state index contributed by atoms with van der Waals surface area (Å²) in [5, 5.41) is 0. The second kappa shape index (κ2) is 8.93. The molecule has 3 rings (SSSR count). The van der Waals surface area contributed by atoms with Crippen LogP contribution in [0.15, 0.2) is 48.5 Å². The SMILES string of the molecule is O=[C-]Cc1ccccc1.[B]c1ccc2c(c1)OCO2.[Y]. The van der Waals surface area contributed by atoms with E-state index in [2.05, 4.69) is 0 Å². The van der Waals surface area contributed by atoms with Gasteiger partial charge in [-0.05, 0) is 12.1 Å². The first-order valence-electron chi connectivity index (χ1n) is 5.83. The van der Waals surface area contributed by atoms with Crippen LogP contribution in [0.3, 0.4) is 0 Å². The van der Waals surface area contributed by atoms with Gasteiger partial charge in [0.05, 0.1) is 0 Å². The van der Waals surface area contributed by atoms with Gasteiger partial charge in [0.15, 0.2) is 11.5 Å². The molecule has 20 heavy (non-hydrogen) atoms. The molecule has 0 N–H and O–H groups in total. The molecule has 5 heteroatoms. The molecule has 0 aromatic heterocycles. The van der Waals surface area contributed by atoms with Gasteiger partial charge in [-0.2, -0.15) is 0 Å². The topological polar surface area (TPSA) is 35.5 Å². The van der Waals surface area contributed by atoms with Crippen LogP contribution >= 0.6 is 0 Å². The molecule has 0 aliphatic carbocycles. The molecular formula is C15H12BO3Y-. The Bertz CT molecular complexity index is 546. The van der Waals surface area contributed by atoms with Crippen LogP contribution in [-0.2, 0) is 43.9 Å². The first-order chi connectivity index (χ1) is 9.29. The second-order valence-electron chi connectivity index (χ2n) is 3.92. The van der Waals surface area contributed by atoms with Gasteiger partial charge in [-0.15, -0.1) is 6.42 Å². The fourth-order valence-electron chi connectivity index (χ4n) is 1.59. The van der Waals surface area contributed by atoms with E-state index < -0.39 is 0 Å². The van der Waals surface area contributed by atoms with Crippen LogP contribution in [0.25, 0.3) is 0 Å². The molecule has 3 nitrogen and oxygen atoms in total. The Morgan fingerprint density at radius 3 is 2.45 bits per heavy atom. The summed E-state index contributed by atoms with van der Waals surface area (Å²) in [7, 11) is 5.50. The molecule has 0 saturated carbocycles. The predicted molar refractivity (Wildman–Crippen MR) is 73.8 cm³/mol. The molecular weight excluding hydrogens is 328 g/mol. The summed E-state index contributed by atoms with van der Waals surface area (Å²) in [4.78, 5) is 9.85. The second-order valence-corrected chi connectivity index (χ2v) is 3.92. The Hall–Kier alpha value is -1.12. The van der Waals surface area contributed by atoms with Gasteiger partial charge in [0.1, 0.15) is 7.85 Å². The smallest absolute Gasteiger partial charge is 0.231 e. The van der Waals surface area contributed by atoms with E-state index in [4.69, 9.17) is 17.3 Å². The van der Waals surface area contributed by atoms with Crippen molar-refractivity contribution in [2.24, 2.45) is 0 Å². The number of fused-ring (bicyclic) bond motifs is 1. The molecule has 0 spiro atoms. The van der Waals surface area contributed by atoms with E-state index in [1.165, 1.54) is 0 Å². The summed E-state index contributed by atoms with van der Waals surface area (Å²) in [5.41, 5.74) is 1.72. The third-order valence-electron chi connectivity index (χ3n) is 2.52. The van der Waals surface area contributed by atoms with Crippen LogP contribution in [0.1, 0.15) is 5.56 Å². The normalized spacial score (nSPS) is 10.8. The molecule has 0 bridgehead atoms. The maximum absolute atomic E-state index is 9.85. The maximum Gasteiger partial charge on any atom is 0.231 e. The van der Waals surface area contributed by atoms with Crippen LogP contribution in [-0.4, -0.2) is 20.9 Å². The zero-order valence-electron chi connectivity index (χ0n) is 10.9. The van der Waals surface area contributed by atoms with E-state index in [9.17, 15) is 4.79 Å². The van der Waals surface area contributed by atoms with E-state index in [0.717, 1.165) is 17.1 Å². The fraction of sp³-hybridized carbons (Fsp3) is 0.133. The van der Waals surface area contributed by atoms with Gasteiger partial charge in [-0.25, -0.2) is 0 Å². The van der Waals surface area contributed by atoms with Gasteiger partial charge >= 0.3 is 0 Å². The van der Waals surface area contributed by atoms with Crippen LogP contribution in [0.4, 0.5) is 0 Å². The zero-order chi connectivity index (χ0) is 13.5. The zero-order valence-corrected chi connectivity index (χ0v) is 13.8. The molecule has 0 saturated heterocycles. The number of hydrogen-bond donors (Lipinski definition) is 0. The average Bonchev–Trinajstić information content (AvgIpc) is 2.88. The Balaban J connectivity index is 0.000000192. The Morgan fingerprint density at radius 2 is 1.75 bits per heavy atom. The minimum Gasteiger partial charge on any atom is -0.541 e. The molecule has 2 aromatic rings. The molecule has 0 fully saturated rings. The number of carbonyl (C=O) groups excluding carboxylic acids is 1. The van der Waals surface area contributed by atoms with Crippen LogP contribution in [0.2, 0.25) is 0 Å². The van der Waals surface area contributed by atoms with Crippen molar-refractivity contribution in [1.82, 2.24) is 0 Å². The summed E-state index contributed by atoms with van der Waals surface area (Å²) in [6, 6.07) is 14.9. The monoisotopic (exact) mass is 340 g/mol. The summed E-state index contributed by atoms with van der Waals surface area (Å²) in [6.07, 6.45) is 2.24. The predicted octanol–water partition coefficient (Wildman–Crippen LogP) is 1.55. The van der Waals surface area contributed by atoms with Gasteiger partial charge in [0, 0.05) is 32.7 Å². The molecule has 97 valence electrons. The quantitative estimate of drug-likeness (QED) is 0.615. The third-order valence-corrected chi connectivity index (χ3v) is 2.52. The maximum atomic E-state index is 9.85. The molecule has 2 aromatic carbocycles. The van der Waals surface area contributed by atoms with Gasteiger partial charge in [-0.1, -0.05) is 47.4 Å². The number of ether oxygens (including phenoxy) is 2. The van der Waals surface area contributed by atoms with Crippen molar-refractivity contribution in [2.75, 3.05) is 6.79 Å².